The third kappa shape index (κ3) is 5.17. The van der Waals surface area contributed by atoms with Crippen molar-refractivity contribution in [3.8, 4) is 17.2 Å². The van der Waals surface area contributed by atoms with Crippen molar-refractivity contribution >= 4 is 45.2 Å². The Morgan fingerprint density at radius 3 is 2.78 bits per heavy atom. The first kappa shape index (κ1) is 25.9. The summed E-state index contributed by atoms with van der Waals surface area (Å²) in [5.41, 5.74) is 2.35. The number of hydrogen-bond donors (Lipinski definition) is 3. The number of amides is 1. The molecular formula is C25H28BrN5O4S. The highest BCUT2D eigenvalue weighted by atomic mass is 79.9. The van der Waals surface area contributed by atoms with Gasteiger partial charge in [-0.15, -0.1) is 5.10 Å². The molecule has 36 heavy (non-hydrogen) atoms. The number of hydrogen-bond acceptors (Lipinski definition) is 8. The summed E-state index contributed by atoms with van der Waals surface area (Å²) in [6, 6.07) is 10.1. The summed E-state index contributed by atoms with van der Waals surface area (Å²) in [5.74, 6) is 1.93. The number of benzene rings is 2. The number of ether oxygens (including phenoxy) is 2. The highest BCUT2D eigenvalue weighted by molar-refractivity contribution is 9.10. The topological polar surface area (TPSA) is 111 Å². The molecule has 1 unspecified atom stereocenters. The van der Waals surface area contributed by atoms with Gasteiger partial charge in [0.05, 0.1) is 29.4 Å². The molecule has 0 saturated heterocycles. The van der Waals surface area contributed by atoms with Gasteiger partial charge in [0, 0.05) is 11.4 Å². The molecule has 0 bridgehead atoms. The van der Waals surface area contributed by atoms with E-state index in [1.54, 1.807) is 34.6 Å². The monoisotopic (exact) mass is 573 g/mol. The Balaban J connectivity index is 1.81. The van der Waals surface area contributed by atoms with Crippen LogP contribution in [0.3, 0.4) is 0 Å². The number of phenolic OH excluding ortho intramolecular Hbond substituents is 1. The lowest BCUT2D eigenvalue weighted by atomic mass is 9.94. The van der Waals surface area contributed by atoms with Gasteiger partial charge in [0.2, 0.25) is 11.1 Å². The van der Waals surface area contributed by atoms with E-state index in [2.05, 4.69) is 38.5 Å². The molecule has 1 aromatic heterocycles. The molecule has 0 saturated carbocycles. The predicted molar refractivity (Wildman–Crippen MR) is 144 cm³/mol. The van der Waals surface area contributed by atoms with Gasteiger partial charge in [0.1, 0.15) is 11.8 Å². The molecule has 1 atom stereocenters. The third-order valence-electron chi connectivity index (χ3n) is 5.53. The number of anilines is 2. The molecular weight excluding hydrogens is 546 g/mol. The molecule has 3 N–H and O–H groups in total. The van der Waals surface area contributed by atoms with Crippen LogP contribution >= 0.6 is 27.7 Å². The van der Waals surface area contributed by atoms with E-state index in [4.69, 9.17) is 14.6 Å². The minimum Gasteiger partial charge on any atom is -0.503 e. The SMILES string of the molecule is CCCSc1nc2n(n1)C(c1cc(Br)c(O)c(OC)c1)C(C(=O)Nc1ccccc1OCC)=C(C)N2. The van der Waals surface area contributed by atoms with Crippen LogP contribution in [0.1, 0.15) is 38.8 Å². The predicted octanol–water partition coefficient (Wildman–Crippen LogP) is 5.58. The number of carbonyl (C=O) groups is 1. The molecule has 0 radical (unpaired) electrons. The number of para-hydroxylation sites is 2. The molecule has 11 heteroatoms. The van der Waals surface area contributed by atoms with Crippen molar-refractivity contribution < 1.29 is 19.4 Å². The van der Waals surface area contributed by atoms with Crippen LogP contribution in [-0.2, 0) is 4.79 Å². The summed E-state index contributed by atoms with van der Waals surface area (Å²) in [7, 11) is 1.48. The highest BCUT2D eigenvalue weighted by Crippen LogP contribution is 2.42. The standard InChI is InChI=1S/C25H28BrN5O4S/c1-5-11-36-25-29-24-27-14(3)20(23(33)28-17-9-7-8-10-18(17)35-6-2)21(31(24)30-25)15-12-16(26)22(32)19(13-15)34-4/h7-10,12-13,21,32H,5-6,11H2,1-4H3,(H,28,33)(H,27,29,30). The Bertz CT molecular complexity index is 1310. The number of carbonyl (C=O) groups excluding carboxylic acids is 1. The van der Waals surface area contributed by atoms with Gasteiger partial charge >= 0.3 is 0 Å². The van der Waals surface area contributed by atoms with Crippen molar-refractivity contribution in [3.63, 3.8) is 0 Å². The zero-order chi connectivity index (χ0) is 25.8. The maximum Gasteiger partial charge on any atom is 0.255 e. The van der Waals surface area contributed by atoms with Gasteiger partial charge in [-0.1, -0.05) is 30.8 Å². The molecule has 1 amide bonds. The third-order valence-corrected chi connectivity index (χ3v) is 7.18. The Hall–Kier alpha value is -3.18. The average molecular weight is 575 g/mol. The van der Waals surface area contributed by atoms with Crippen molar-refractivity contribution in [2.75, 3.05) is 30.1 Å². The number of aromatic hydroxyl groups is 1. The normalized spacial score (nSPS) is 14.8. The van der Waals surface area contributed by atoms with Crippen LogP contribution in [0, 0.1) is 0 Å². The second kappa shape index (κ2) is 11.3. The Kier molecular flexibility index (Phi) is 8.10. The average Bonchev–Trinajstić information content (AvgIpc) is 3.27. The fraction of sp³-hybridized carbons (Fsp3) is 0.320. The first-order chi connectivity index (χ1) is 17.4. The van der Waals surface area contributed by atoms with Crippen molar-refractivity contribution in [1.29, 1.82) is 0 Å². The lowest BCUT2D eigenvalue weighted by Crippen LogP contribution is -2.31. The lowest BCUT2D eigenvalue weighted by molar-refractivity contribution is -0.113. The molecule has 1 aliphatic rings. The zero-order valence-corrected chi connectivity index (χ0v) is 22.9. The number of fused-ring (bicyclic) bond motifs is 1. The molecule has 0 fully saturated rings. The van der Waals surface area contributed by atoms with Crippen LogP contribution in [0.5, 0.6) is 17.2 Å². The second-order valence-corrected chi connectivity index (χ2v) is 9.93. The minimum atomic E-state index is -0.630. The first-order valence-corrected chi connectivity index (χ1v) is 13.3. The van der Waals surface area contributed by atoms with Crippen molar-refractivity contribution in [2.24, 2.45) is 0 Å². The fourth-order valence-corrected chi connectivity index (χ4v) is 5.08. The largest absolute Gasteiger partial charge is 0.503 e. The minimum absolute atomic E-state index is 0.0227. The van der Waals surface area contributed by atoms with Crippen LogP contribution in [0.4, 0.5) is 11.6 Å². The number of phenols is 1. The summed E-state index contributed by atoms with van der Waals surface area (Å²) in [5, 5.41) is 22.0. The Morgan fingerprint density at radius 1 is 1.28 bits per heavy atom. The number of nitrogens with one attached hydrogen (secondary N) is 2. The van der Waals surface area contributed by atoms with E-state index in [0.29, 0.717) is 50.5 Å². The summed E-state index contributed by atoms with van der Waals surface area (Å²) >= 11 is 4.96. The highest BCUT2D eigenvalue weighted by Gasteiger charge is 2.35. The Morgan fingerprint density at radius 2 is 2.06 bits per heavy atom. The van der Waals surface area contributed by atoms with Crippen molar-refractivity contribution in [1.82, 2.24) is 14.8 Å². The van der Waals surface area contributed by atoms with E-state index >= 15 is 0 Å². The molecule has 3 aromatic rings. The maximum absolute atomic E-state index is 13.8. The molecule has 190 valence electrons. The van der Waals surface area contributed by atoms with Crippen LogP contribution < -0.4 is 20.1 Å². The van der Waals surface area contributed by atoms with Crippen molar-refractivity contribution in [3.05, 3.63) is 57.7 Å². The van der Waals surface area contributed by atoms with E-state index < -0.39 is 6.04 Å². The first-order valence-electron chi connectivity index (χ1n) is 11.5. The quantitative estimate of drug-likeness (QED) is 0.284. The second-order valence-electron chi connectivity index (χ2n) is 8.01. The molecule has 9 nitrogen and oxygen atoms in total. The van der Waals surface area contributed by atoms with Crippen LogP contribution in [0.15, 0.2) is 57.3 Å². The fourth-order valence-electron chi connectivity index (χ4n) is 3.94. The number of halogens is 1. The van der Waals surface area contributed by atoms with E-state index in [1.807, 2.05) is 32.0 Å². The molecule has 1 aliphatic heterocycles. The summed E-state index contributed by atoms with van der Waals surface area (Å²) in [4.78, 5) is 18.4. The van der Waals surface area contributed by atoms with Gasteiger partial charge in [-0.05, 0) is 66.0 Å². The van der Waals surface area contributed by atoms with Gasteiger partial charge < -0.3 is 25.2 Å². The van der Waals surface area contributed by atoms with Crippen molar-refractivity contribution in [2.45, 2.75) is 38.4 Å². The zero-order valence-electron chi connectivity index (χ0n) is 20.5. The van der Waals surface area contributed by atoms with Crippen LogP contribution in [-0.4, -0.2) is 45.2 Å². The molecule has 2 heterocycles. The number of nitrogens with zero attached hydrogens (tertiary/aromatic N) is 3. The van der Waals surface area contributed by atoms with Gasteiger partial charge in [-0.3, -0.25) is 4.79 Å². The van der Waals surface area contributed by atoms with Crippen LogP contribution in [0.2, 0.25) is 0 Å². The maximum atomic E-state index is 13.8. The number of aromatic nitrogens is 3. The summed E-state index contributed by atoms with van der Waals surface area (Å²) in [6.07, 6.45) is 0.984. The summed E-state index contributed by atoms with van der Waals surface area (Å²) < 4.78 is 13.2. The van der Waals surface area contributed by atoms with E-state index in [1.165, 1.54) is 7.11 Å². The van der Waals surface area contributed by atoms with E-state index in [9.17, 15) is 9.90 Å². The van der Waals surface area contributed by atoms with Gasteiger partial charge in [0.15, 0.2) is 11.5 Å². The lowest BCUT2D eigenvalue weighted by Gasteiger charge is -2.29. The number of methoxy groups -OCH3 is 1. The molecule has 2 aromatic carbocycles. The number of thioether (sulfide) groups is 1. The molecule has 0 aliphatic carbocycles. The molecule has 0 spiro atoms. The van der Waals surface area contributed by atoms with Gasteiger partial charge in [-0.25, -0.2) is 4.68 Å². The Labute approximate surface area is 222 Å². The number of allylic oxidation sites excluding steroid dienone is 1. The smallest absolute Gasteiger partial charge is 0.255 e. The van der Waals surface area contributed by atoms with E-state index in [-0.39, 0.29) is 17.4 Å². The van der Waals surface area contributed by atoms with Crippen LogP contribution in [0.25, 0.3) is 0 Å². The van der Waals surface area contributed by atoms with Gasteiger partial charge in [0.25, 0.3) is 5.91 Å². The molecule has 4 rings (SSSR count). The number of rotatable bonds is 9. The van der Waals surface area contributed by atoms with Gasteiger partial charge in [-0.2, -0.15) is 4.98 Å². The summed E-state index contributed by atoms with van der Waals surface area (Å²) in [6.45, 7) is 6.29. The van der Waals surface area contributed by atoms with E-state index in [0.717, 1.165) is 12.2 Å².